The second-order valence-electron chi connectivity index (χ2n) is 4.14. The normalized spacial score (nSPS) is 10.4. The molecule has 0 spiro atoms. The second kappa shape index (κ2) is 5.40. The van der Waals surface area contributed by atoms with E-state index < -0.39 is 0 Å². The summed E-state index contributed by atoms with van der Waals surface area (Å²) in [6.07, 6.45) is 1.74. The highest BCUT2D eigenvalue weighted by Gasteiger charge is 2.08. The van der Waals surface area contributed by atoms with Crippen LogP contribution >= 0.6 is 0 Å². The zero-order chi connectivity index (χ0) is 13.0. The van der Waals surface area contributed by atoms with Crippen LogP contribution in [0.15, 0.2) is 42.6 Å². The Morgan fingerprint density at radius 3 is 2.50 bits per heavy atom. The molecule has 1 aromatic carbocycles. The Labute approximate surface area is 106 Å². The van der Waals surface area contributed by atoms with Gasteiger partial charge < -0.3 is 15.2 Å². The van der Waals surface area contributed by atoms with Gasteiger partial charge in [-0.15, -0.1) is 0 Å². The van der Waals surface area contributed by atoms with Crippen molar-refractivity contribution in [1.82, 2.24) is 4.98 Å². The molecule has 1 aromatic heterocycles. The van der Waals surface area contributed by atoms with Crippen molar-refractivity contribution in [3.8, 4) is 17.4 Å². The molecule has 1 heterocycles. The number of pyridine rings is 1. The molecule has 94 valence electrons. The van der Waals surface area contributed by atoms with E-state index in [1.165, 1.54) is 0 Å². The minimum Gasteiger partial charge on any atom is -0.485 e. The van der Waals surface area contributed by atoms with E-state index in [0.29, 0.717) is 23.1 Å². The van der Waals surface area contributed by atoms with Crippen LogP contribution in [0.2, 0.25) is 0 Å². The van der Waals surface area contributed by atoms with Gasteiger partial charge in [0.05, 0.1) is 6.10 Å². The molecular formula is C14H16N2O2. The third-order valence-electron chi connectivity index (χ3n) is 2.19. The fourth-order valence-electron chi connectivity index (χ4n) is 1.44. The van der Waals surface area contributed by atoms with E-state index in [0.717, 1.165) is 0 Å². The maximum absolute atomic E-state index is 5.67. The number of hydrogen-bond donors (Lipinski definition) is 1. The lowest BCUT2D eigenvalue weighted by Crippen LogP contribution is -2.07. The lowest BCUT2D eigenvalue weighted by atomic mass is 10.3. The van der Waals surface area contributed by atoms with Crippen LogP contribution in [0.1, 0.15) is 13.8 Å². The number of ether oxygens (including phenoxy) is 2. The van der Waals surface area contributed by atoms with Gasteiger partial charge in [-0.05, 0) is 50.2 Å². The van der Waals surface area contributed by atoms with Gasteiger partial charge in [0, 0.05) is 11.9 Å². The summed E-state index contributed by atoms with van der Waals surface area (Å²) < 4.78 is 11.3. The number of nitrogens with two attached hydrogens (primary N) is 1. The Morgan fingerprint density at radius 2 is 1.83 bits per heavy atom. The van der Waals surface area contributed by atoms with E-state index in [2.05, 4.69) is 4.98 Å². The Kier molecular flexibility index (Phi) is 3.67. The van der Waals surface area contributed by atoms with Crippen LogP contribution in [0.25, 0.3) is 0 Å². The molecule has 0 saturated heterocycles. The van der Waals surface area contributed by atoms with E-state index in [4.69, 9.17) is 15.2 Å². The molecule has 4 heteroatoms. The lowest BCUT2D eigenvalue weighted by molar-refractivity contribution is 0.231. The largest absolute Gasteiger partial charge is 0.485 e. The fourth-order valence-corrected chi connectivity index (χ4v) is 1.44. The molecule has 2 N–H and O–H groups in total. The quantitative estimate of drug-likeness (QED) is 0.839. The molecule has 0 aliphatic heterocycles. The summed E-state index contributed by atoms with van der Waals surface area (Å²) in [6, 6.07) is 10.8. The first-order chi connectivity index (χ1) is 8.65. The molecule has 2 aromatic rings. The van der Waals surface area contributed by atoms with E-state index in [1.54, 1.807) is 30.5 Å². The molecule has 0 amide bonds. The van der Waals surface area contributed by atoms with Gasteiger partial charge in [0.15, 0.2) is 5.75 Å². The Morgan fingerprint density at radius 1 is 1.11 bits per heavy atom. The molecule has 0 radical (unpaired) electrons. The standard InChI is InChI=1S/C14H16N2O2/c1-10(2)17-13-4-3-9-16-14(13)18-12-7-5-11(15)6-8-12/h3-10H,15H2,1-2H3. The summed E-state index contributed by atoms with van der Waals surface area (Å²) in [5.41, 5.74) is 6.32. The molecular weight excluding hydrogens is 228 g/mol. The average molecular weight is 244 g/mol. The molecule has 0 fully saturated rings. The summed E-state index contributed by atoms with van der Waals surface area (Å²) in [5.74, 6) is 1.76. The molecule has 18 heavy (non-hydrogen) atoms. The number of anilines is 1. The van der Waals surface area contributed by atoms with E-state index in [9.17, 15) is 0 Å². The number of rotatable bonds is 4. The summed E-state index contributed by atoms with van der Waals surface area (Å²) in [5, 5.41) is 0. The Balaban J connectivity index is 2.20. The van der Waals surface area contributed by atoms with Gasteiger partial charge in [-0.25, -0.2) is 4.98 Å². The number of aromatic nitrogens is 1. The van der Waals surface area contributed by atoms with Crippen LogP contribution < -0.4 is 15.2 Å². The summed E-state index contributed by atoms with van der Waals surface area (Å²) in [7, 11) is 0. The van der Waals surface area contributed by atoms with Crippen molar-refractivity contribution in [3.05, 3.63) is 42.6 Å². The van der Waals surface area contributed by atoms with Crippen LogP contribution in [-0.4, -0.2) is 11.1 Å². The van der Waals surface area contributed by atoms with Gasteiger partial charge in [-0.2, -0.15) is 0 Å². The first-order valence-corrected chi connectivity index (χ1v) is 5.80. The van der Waals surface area contributed by atoms with Gasteiger partial charge >= 0.3 is 0 Å². The number of hydrogen-bond acceptors (Lipinski definition) is 4. The maximum Gasteiger partial charge on any atom is 0.262 e. The summed E-state index contributed by atoms with van der Waals surface area (Å²) >= 11 is 0. The highest BCUT2D eigenvalue weighted by atomic mass is 16.5. The van der Waals surface area contributed by atoms with Crippen LogP contribution in [0.5, 0.6) is 17.4 Å². The molecule has 0 unspecified atom stereocenters. The van der Waals surface area contributed by atoms with E-state index in [-0.39, 0.29) is 6.10 Å². The summed E-state index contributed by atoms with van der Waals surface area (Å²) in [6.45, 7) is 3.92. The van der Waals surface area contributed by atoms with Crippen molar-refractivity contribution in [3.63, 3.8) is 0 Å². The molecule has 0 atom stereocenters. The third kappa shape index (κ3) is 3.13. The number of nitrogens with zero attached hydrogens (tertiary/aromatic N) is 1. The first-order valence-electron chi connectivity index (χ1n) is 5.80. The van der Waals surface area contributed by atoms with Gasteiger partial charge in [0.25, 0.3) is 5.88 Å². The van der Waals surface area contributed by atoms with Crippen molar-refractivity contribution < 1.29 is 9.47 Å². The van der Waals surface area contributed by atoms with E-state index in [1.807, 2.05) is 26.0 Å². The van der Waals surface area contributed by atoms with Gasteiger partial charge in [0.1, 0.15) is 5.75 Å². The summed E-state index contributed by atoms with van der Waals surface area (Å²) in [4.78, 5) is 4.17. The van der Waals surface area contributed by atoms with Crippen molar-refractivity contribution >= 4 is 5.69 Å². The second-order valence-corrected chi connectivity index (χ2v) is 4.14. The monoisotopic (exact) mass is 244 g/mol. The van der Waals surface area contributed by atoms with Gasteiger partial charge in [-0.3, -0.25) is 0 Å². The van der Waals surface area contributed by atoms with Crippen molar-refractivity contribution in [2.45, 2.75) is 20.0 Å². The highest BCUT2D eigenvalue weighted by molar-refractivity contribution is 5.44. The smallest absolute Gasteiger partial charge is 0.262 e. The maximum atomic E-state index is 5.67. The molecule has 0 bridgehead atoms. The fraction of sp³-hybridized carbons (Fsp3) is 0.214. The SMILES string of the molecule is CC(C)Oc1cccnc1Oc1ccc(N)cc1. The number of nitrogen functional groups attached to an aromatic ring is 1. The van der Waals surface area contributed by atoms with Gasteiger partial charge in [-0.1, -0.05) is 0 Å². The third-order valence-corrected chi connectivity index (χ3v) is 2.19. The Hall–Kier alpha value is -2.23. The van der Waals surface area contributed by atoms with Crippen LogP contribution in [-0.2, 0) is 0 Å². The average Bonchev–Trinajstić information content (AvgIpc) is 2.34. The van der Waals surface area contributed by atoms with Gasteiger partial charge in [0.2, 0.25) is 0 Å². The van der Waals surface area contributed by atoms with E-state index >= 15 is 0 Å². The van der Waals surface area contributed by atoms with Crippen LogP contribution in [0, 0.1) is 0 Å². The minimum absolute atomic E-state index is 0.0722. The lowest BCUT2D eigenvalue weighted by Gasteiger charge is -2.13. The predicted octanol–water partition coefficient (Wildman–Crippen LogP) is 3.24. The van der Waals surface area contributed by atoms with Crippen molar-refractivity contribution in [2.75, 3.05) is 5.73 Å². The van der Waals surface area contributed by atoms with Crippen LogP contribution in [0.4, 0.5) is 5.69 Å². The topological polar surface area (TPSA) is 57.4 Å². The number of benzene rings is 1. The zero-order valence-corrected chi connectivity index (χ0v) is 10.5. The van der Waals surface area contributed by atoms with Crippen molar-refractivity contribution in [1.29, 1.82) is 0 Å². The first kappa shape index (κ1) is 12.2. The van der Waals surface area contributed by atoms with Crippen LogP contribution in [0.3, 0.4) is 0 Å². The predicted molar refractivity (Wildman–Crippen MR) is 70.9 cm³/mol. The molecule has 2 rings (SSSR count). The minimum atomic E-state index is 0.0722. The molecule has 0 aliphatic rings. The molecule has 0 saturated carbocycles. The molecule has 4 nitrogen and oxygen atoms in total. The Bertz CT molecular complexity index is 509. The van der Waals surface area contributed by atoms with Crippen molar-refractivity contribution in [2.24, 2.45) is 0 Å². The molecule has 0 aliphatic carbocycles. The zero-order valence-electron chi connectivity index (χ0n) is 10.5. The highest BCUT2D eigenvalue weighted by Crippen LogP contribution is 2.29.